The number of carbonyl (C=O) groups is 2. The van der Waals surface area contributed by atoms with Gasteiger partial charge < -0.3 is 25.4 Å². The zero-order valence-electron chi connectivity index (χ0n) is 14.4. The summed E-state index contributed by atoms with van der Waals surface area (Å²) in [7, 11) is 3.12. The van der Waals surface area contributed by atoms with Crippen LogP contribution in [0.3, 0.4) is 0 Å². The van der Waals surface area contributed by atoms with Crippen LogP contribution in [0, 0.1) is 0 Å². The molecule has 2 aromatic carbocycles. The van der Waals surface area contributed by atoms with Gasteiger partial charge in [-0.3, -0.25) is 9.59 Å². The van der Waals surface area contributed by atoms with Gasteiger partial charge >= 0.3 is 0 Å². The van der Waals surface area contributed by atoms with Crippen molar-refractivity contribution in [2.75, 3.05) is 36.7 Å². The normalized spacial score (nSPS) is 9.88. The van der Waals surface area contributed by atoms with Crippen molar-refractivity contribution >= 4 is 28.9 Å². The zero-order valence-corrected chi connectivity index (χ0v) is 14.4. The van der Waals surface area contributed by atoms with E-state index in [2.05, 4.69) is 16.0 Å². The molecule has 0 unspecified atom stereocenters. The SMILES string of the molecule is COc1ccc(NC(=O)CNc2cc(NC(C)=O)ccc2OC)cc1. The predicted molar refractivity (Wildman–Crippen MR) is 97.4 cm³/mol. The van der Waals surface area contributed by atoms with Crippen LogP contribution in [0.25, 0.3) is 0 Å². The minimum Gasteiger partial charge on any atom is -0.497 e. The summed E-state index contributed by atoms with van der Waals surface area (Å²) >= 11 is 0. The molecule has 0 spiro atoms. The highest BCUT2D eigenvalue weighted by atomic mass is 16.5. The topological polar surface area (TPSA) is 88.7 Å². The molecule has 2 aromatic rings. The second-order valence-electron chi connectivity index (χ2n) is 5.23. The molecule has 7 nitrogen and oxygen atoms in total. The number of ether oxygens (including phenoxy) is 2. The molecule has 0 saturated heterocycles. The highest BCUT2D eigenvalue weighted by Crippen LogP contribution is 2.27. The van der Waals surface area contributed by atoms with Crippen molar-refractivity contribution in [2.45, 2.75) is 6.92 Å². The molecule has 3 N–H and O–H groups in total. The number of hydrogen-bond donors (Lipinski definition) is 3. The van der Waals surface area contributed by atoms with Gasteiger partial charge in [0.2, 0.25) is 11.8 Å². The number of anilines is 3. The lowest BCUT2D eigenvalue weighted by molar-refractivity contribution is -0.115. The minimum absolute atomic E-state index is 0.0475. The molecular weight excluding hydrogens is 322 g/mol. The quantitative estimate of drug-likeness (QED) is 0.719. The number of benzene rings is 2. The molecule has 0 saturated carbocycles. The van der Waals surface area contributed by atoms with Gasteiger partial charge in [0.1, 0.15) is 11.5 Å². The third kappa shape index (κ3) is 5.42. The van der Waals surface area contributed by atoms with Crippen molar-refractivity contribution < 1.29 is 19.1 Å². The van der Waals surface area contributed by atoms with Crippen LogP contribution < -0.4 is 25.4 Å². The summed E-state index contributed by atoms with van der Waals surface area (Å²) in [6.45, 7) is 1.48. The van der Waals surface area contributed by atoms with E-state index in [1.807, 2.05) is 0 Å². The largest absolute Gasteiger partial charge is 0.497 e. The fourth-order valence-corrected chi connectivity index (χ4v) is 2.18. The Morgan fingerprint density at radius 3 is 2.20 bits per heavy atom. The number of hydrogen-bond acceptors (Lipinski definition) is 5. The number of rotatable bonds is 7. The molecule has 25 heavy (non-hydrogen) atoms. The molecule has 2 rings (SSSR count). The third-order valence-electron chi connectivity index (χ3n) is 3.33. The van der Waals surface area contributed by atoms with Crippen LogP contribution in [0.1, 0.15) is 6.92 Å². The molecule has 0 atom stereocenters. The van der Waals surface area contributed by atoms with Crippen molar-refractivity contribution in [3.05, 3.63) is 42.5 Å². The van der Waals surface area contributed by atoms with Crippen molar-refractivity contribution in [2.24, 2.45) is 0 Å². The fraction of sp³-hybridized carbons (Fsp3) is 0.222. The Labute approximate surface area is 146 Å². The van der Waals surface area contributed by atoms with Crippen LogP contribution in [-0.2, 0) is 9.59 Å². The Bertz CT molecular complexity index is 744. The van der Waals surface area contributed by atoms with E-state index in [-0.39, 0.29) is 18.4 Å². The summed E-state index contributed by atoms with van der Waals surface area (Å²) in [5.41, 5.74) is 1.90. The molecule has 0 fully saturated rings. The maximum absolute atomic E-state index is 12.1. The van der Waals surface area contributed by atoms with Crippen molar-refractivity contribution in [1.29, 1.82) is 0 Å². The first-order valence-corrected chi connectivity index (χ1v) is 7.65. The lowest BCUT2D eigenvalue weighted by atomic mass is 10.2. The number of carbonyl (C=O) groups excluding carboxylic acids is 2. The molecule has 0 aliphatic carbocycles. The third-order valence-corrected chi connectivity index (χ3v) is 3.33. The molecule has 2 amide bonds. The standard InChI is InChI=1S/C18H21N3O4/c1-12(22)20-14-6-9-17(25-3)16(10-14)19-11-18(23)21-13-4-7-15(24-2)8-5-13/h4-10,19H,11H2,1-3H3,(H,20,22)(H,21,23). The van der Waals surface area contributed by atoms with Gasteiger partial charge in [0, 0.05) is 18.3 Å². The predicted octanol–water partition coefficient (Wildman–Crippen LogP) is 2.71. The van der Waals surface area contributed by atoms with Crippen LogP contribution in [0.4, 0.5) is 17.1 Å². The van der Waals surface area contributed by atoms with Crippen LogP contribution in [0.5, 0.6) is 11.5 Å². The van der Waals surface area contributed by atoms with Gasteiger partial charge in [0.05, 0.1) is 26.5 Å². The lowest BCUT2D eigenvalue weighted by Gasteiger charge is -2.13. The Balaban J connectivity index is 1.98. The van der Waals surface area contributed by atoms with E-state index in [0.717, 1.165) is 5.75 Å². The molecular formula is C18H21N3O4. The Morgan fingerprint density at radius 1 is 0.920 bits per heavy atom. The number of amides is 2. The van der Waals surface area contributed by atoms with E-state index in [4.69, 9.17) is 9.47 Å². The molecule has 0 bridgehead atoms. The number of nitrogens with one attached hydrogen (secondary N) is 3. The van der Waals surface area contributed by atoms with Crippen LogP contribution in [0.2, 0.25) is 0 Å². The summed E-state index contributed by atoms with van der Waals surface area (Å²) < 4.78 is 10.3. The van der Waals surface area contributed by atoms with E-state index in [9.17, 15) is 9.59 Å². The van der Waals surface area contributed by atoms with Gasteiger partial charge in [-0.05, 0) is 42.5 Å². The first-order valence-electron chi connectivity index (χ1n) is 7.65. The molecule has 0 radical (unpaired) electrons. The van der Waals surface area contributed by atoms with Gasteiger partial charge in [-0.2, -0.15) is 0 Å². The first-order chi connectivity index (χ1) is 12.0. The highest BCUT2D eigenvalue weighted by molar-refractivity contribution is 5.94. The fourth-order valence-electron chi connectivity index (χ4n) is 2.18. The Morgan fingerprint density at radius 2 is 1.60 bits per heavy atom. The van der Waals surface area contributed by atoms with Crippen LogP contribution >= 0.6 is 0 Å². The van der Waals surface area contributed by atoms with Crippen molar-refractivity contribution in [3.63, 3.8) is 0 Å². The summed E-state index contributed by atoms with van der Waals surface area (Å²) in [6, 6.07) is 12.2. The Hall–Kier alpha value is -3.22. The molecule has 132 valence electrons. The van der Waals surface area contributed by atoms with E-state index >= 15 is 0 Å². The van der Waals surface area contributed by atoms with Gasteiger partial charge in [-0.1, -0.05) is 0 Å². The van der Waals surface area contributed by atoms with Gasteiger partial charge in [-0.15, -0.1) is 0 Å². The molecule has 7 heteroatoms. The average Bonchev–Trinajstić information content (AvgIpc) is 2.60. The number of methoxy groups -OCH3 is 2. The molecule has 0 aromatic heterocycles. The second kappa shape index (κ2) is 8.58. The Kier molecular flexibility index (Phi) is 6.22. The zero-order chi connectivity index (χ0) is 18.2. The molecule has 0 aliphatic rings. The summed E-state index contributed by atoms with van der Waals surface area (Å²) in [5.74, 6) is 0.910. The van der Waals surface area contributed by atoms with E-state index in [0.29, 0.717) is 22.8 Å². The van der Waals surface area contributed by atoms with Crippen LogP contribution in [-0.4, -0.2) is 32.6 Å². The average molecular weight is 343 g/mol. The second-order valence-corrected chi connectivity index (χ2v) is 5.23. The summed E-state index contributed by atoms with van der Waals surface area (Å²) in [6.07, 6.45) is 0. The maximum Gasteiger partial charge on any atom is 0.243 e. The highest BCUT2D eigenvalue weighted by Gasteiger charge is 2.08. The molecule has 0 aliphatic heterocycles. The maximum atomic E-state index is 12.1. The van der Waals surface area contributed by atoms with Gasteiger partial charge in [-0.25, -0.2) is 0 Å². The first kappa shape index (κ1) is 18.1. The van der Waals surface area contributed by atoms with Crippen molar-refractivity contribution in [1.82, 2.24) is 0 Å². The summed E-state index contributed by atoms with van der Waals surface area (Å²) in [4.78, 5) is 23.2. The van der Waals surface area contributed by atoms with Crippen molar-refractivity contribution in [3.8, 4) is 11.5 Å². The lowest BCUT2D eigenvalue weighted by Crippen LogP contribution is -2.22. The molecule has 0 heterocycles. The van der Waals surface area contributed by atoms with E-state index in [1.54, 1.807) is 49.6 Å². The van der Waals surface area contributed by atoms with E-state index < -0.39 is 0 Å². The van der Waals surface area contributed by atoms with Gasteiger partial charge in [0.25, 0.3) is 0 Å². The van der Waals surface area contributed by atoms with Crippen LogP contribution in [0.15, 0.2) is 42.5 Å². The van der Waals surface area contributed by atoms with E-state index in [1.165, 1.54) is 14.0 Å². The summed E-state index contributed by atoms with van der Waals surface area (Å²) in [5, 5.41) is 8.48. The smallest absolute Gasteiger partial charge is 0.243 e. The monoisotopic (exact) mass is 343 g/mol. The van der Waals surface area contributed by atoms with Gasteiger partial charge in [0.15, 0.2) is 0 Å². The minimum atomic E-state index is -0.211.